The normalized spacial score (nSPS) is 15.8. The lowest BCUT2D eigenvalue weighted by molar-refractivity contribution is 0.337. The second kappa shape index (κ2) is 6.20. The molecular formula is C18H20BrNO. The molecule has 2 nitrogen and oxygen atoms in total. The number of nitrogens with two attached hydrogens (primary N) is 1. The summed E-state index contributed by atoms with van der Waals surface area (Å²) in [5.74, 6) is 1.36. The minimum Gasteiger partial charge on any atom is -0.493 e. The molecule has 2 aromatic carbocycles. The van der Waals surface area contributed by atoms with Gasteiger partial charge in [0.1, 0.15) is 5.75 Å². The Hall–Kier alpha value is -1.32. The number of ether oxygens (including phenoxy) is 1. The van der Waals surface area contributed by atoms with Gasteiger partial charge in [0.25, 0.3) is 0 Å². The first-order chi connectivity index (χ1) is 10.2. The number of rotatable bonds is 4. The van der Waals surface area contributed by atoms with Crippen molar-refractivity contribution >= 4 is 15.9 Å². The van der Waals surface area contributed by atoms with Crippen LogP contribution in [-0.4, -0.2) is 6.61 Å². The van der Waals surface area contributed by atoms with Crippen molar-refractivity contribution in [2.24, 2.45) is 11.7 Å². The summed E-state index contributed by atoms with van der Waals surface area (Å²) in [6.45, 7) is 2.66. The van der Waals surface area contributed by atoms with Crippen LogP contribution in [0.5, 0.6) is 5.75 Å². The zero-order valence-corrected chi connectivity index (χ0v) is 13.8. The van der Waals surface area contributed by atoms with Gasteiger partial charge in [-0.2, -0.15) is 0 Å². The summed E-state index contributed by atoms with van der Waals surface area (Å²) >= 11 is 3.57. The molecule has 21 heavy (non-hydrogen) atoms. The summed E-state index contributed by atoms with van der Waals surface area (Å²) in [7, 11) is 0. The molecule has 0 aliphatic heterocycles. The Morgan fingerprint density at radius 2 is 1.86 bits per heavy atom. The third-order valence-corrected chi connectivity index (χ3v) is 4.85. The monoisotopic (exact) mass is 345 g/mol. The standard InChI is InChI=1S/C18H20BrNO/c1-2-21-17-8-7-14(11-16(17)19)18(20)15-9-12-5-3-4-6-13(12)10-15/h3-8,11,15,18H,2,9-10,20H2,1H3. The van der Waals surface area contributed by atoms with Crippen LogP contribution in [0.1, 0.15) is 29.7 Å². The molecule has 0 saturated carbocycles. The SMILES string of the molecule is CCOc1ccc(C(N)C2Cc3ccccc3C2)cc1Br. The summed E-state index contributed by atoms with van der Waals surface area (Å²) in [5.41, 5.74) is 10.6. The van der Waals surface area contributed by atoms with Crippen molar-refractivity contribution in [1.82, 2.24) is 0 Å². The van der Waals surface area contributed by atoms with Crippen molar-refractivity contribution in [3.05, 3.63) is 63.6 Å². The third-order valence-electron chi connectivity index (χ3n) is 4.23. The van der Waals surface area contributed by atoms with E-state index in [2.05, 4.69) is 52.3 Å². The molecule has 0 heterocycles. The van der Waals surface area contributed by atoms with Gasteiger partial charge >= 0.3 is 0 Å². The van der Waals surface area contributed by atoms with Gasteiger partial charge in [-0.25, -0.2) is 0 Å². The molecule has 110 valence electrons. The van der Waals surface area contributed by atoms with Crippen LogP contribution in [0.15, 0.2) is 46.9 Å². The predicted octanol–water partition coefficient (Wildman–Crippen LogP) is 4.26. The van der Waals surface area contributed by atoms with Gasteiger partial charge in [-0.15, -0.1) is 0 Å². The quantitative estimate of drug-likeness (QED) is 0.898. The molecule has 2 aromatic rings. The first-order valence-electron chi connectivity index (χ1n) is 7.43. The zero-order valence-electron chi connectivity index (χ0n) is 12.2. The number of fused-ring (bicyclic) bond motifs is 1. The van der Waals surface area contributed by atoms with Gasteiger partial charge in [-0.3, -0.25) is 0 Å². The van der Waals surface area contributed by atoms with Crippen LogP contribution in [0, 0.1) is 5.92 Å². The Morgan fingerprint density at radius 1 is 1.19 bits per heavy atom. The summed E-state index contributed by atoms with van der Waals surface area (Å²) in [4.78, 5) is 0. The van der Waals surface area contributed by atoms with E-state index < -0.39 is 0 Å². The summed E-state index contributed by atoms with van der Waals surface area (Å²) < 4.78 is 6.54. The number of hydrogen-bond donors (Lipinski definition) is 1. The molecular weight excluding hydrogens is 326 g/mol. The average Bonchev–Trinajstić information content (AvgIpc) is 2.92. The molecule has 1 aliphatic carbocycles. The molecule has 0 spiro atoms. The fraction of sp³-hybridized carbons (Fsp3) is 0.333. The maximum absolute atomic E-state index is 6.51. The van der Waals surface area contributed by atoms with Crippen LogP contribution in [0.2, 0.25) is 0 Å². The largest absolute Gasteiger partial charge is 0.493 e. The minimum atomic E-state index is 0.0596. The van der Waals surface area contributed by atoms with E-state index >= 15 is 0 Å². The van der Waals surface area contributed by atoms with Crippen LogP contribution < -0.4 is 10.5 Å². The molecule has 2 N–H and O–H groups in total. The maximum atomic E-state index is 6.51. The Kier molecular flexibility index (Phi) is 4.32. The fourth-order valence-corrected chi connectivity index (χ4v) is 3.63. The smallest absolute Gasteiger partial charge is 0.133 e. The highest BCUT2D eigenvalue weighted by atomic mass is 79.9. The van der Waals surface area contributed by atoms with Gasteiger partial charge in [0.2, 0.25) is 0 Å². The Balaban J connectivity index is 1.77. The van der Waals surface area contributed by atoms with E-state index in [1.807, 2.05) is 13.0 Å². The Morgan fingerprint density at radius 3 is 2.43 bits per heavy atom. The predicted molar refractivity (Wildman–Crippen MR) is 89.6 cm³/mol. The van der Waals surface area contributed by atoms with E-state index in [0.717, 1.165) is 23.1 Å². The molecule has 0 radical (unpaired) electrons. The van der Waals surface area contributed by atoms with Crippen LogP contribution >= 0.6 is 15.9 Å². The van der Waals surface area contributed by atoms with Gasteiger partial charge in [-0.05, 0) is 70.4 Å². The zero-order chi connectivity index (χ0) is 14.8. The van der Waals surface area contributed by atoms with Crippen LogP contribution in [0.25, 0.3) is 0 Å². The lowest BCUT2D eigenvalue weighted by atomic mass is 9.91. The van der Waals surface area contributed by atoms with E-state index in [1.165, 1.54) is 16.7 Å². The molecule has 0 bridgehead atoms. The lowest BCUT2D eigenvalue weighted by Crippen LogP contribution is -2.21. The van der Waals surface area contributed by atoms with E-state index in [1.54, 1.807) is 0 Å². The molecule has 1 atom stereocenters. The van der Waals surface area contributed by atoms with Gasteiger partial charge < -0.3 is 10.5 Å². The maximum Gasteiger partial charge on any atom is 0.133 e. The Labute approximate surface area is 134 Å². The van der Waals surface area contributed by atoms with Gasteiger partial charge in [-0.1, -0.05) is 30.3 Å². The van der Waals surface area contributed by atoms with Crippen molar-refractivity contribution in [3.63, 3.8) is 0 Å². The van der Waals surface area contributed by atoms with Gasteiger partial charge in [0.05, 0.1) is 11.1 Å². The van der Waals surface area contributed by atoms with E-state index in [4.69, 9.17) is 10.5 Å². The van der Waals surface area contributed by atoms with Crippen LogP contribution in [0.4, 0.5) is 0 Å². The van der Waals surface area contributed by atoms with Crippen molar-refractivity contribution in [2.45, 2.75) is 25.8 Å². The summed E-state index contributed by atoms with van der Waals surface area (Å²) in [6, 6.07) is 14.9. The fourth-order valence-electron chi connectivity index (χ4n) is 3.12. The molecule has 0 aromatic heterocycles. The minimum absolute atomic E-state index is 0.0596. The highest BCUT2D eigenvalue weighted by Crippen LogP contribution is 2.36. The summed E-state index contributed by atoms with van der Waals surface area (Å²) in [6.07, 6.45) is 2.14. The van der Waals surface area contributed by atoms with E-state index in [0.29, 0.717) is 12.5 Å². The Bertz CT molecular complexity index is 616. The van der Waals surface area contributed by atoms with Crippen molar-refractivity contribution in [1.29, 1.82) is 0 Å². The first kappa shape index (κ1) is 14.6. The van der Waals surface area contributed by atoms with Gasteiger partial charge in [0, 0.05) is 6.04 Å². The molecule has 1 aliphatic rings. The third kappa shape index (κ3) is 2.99. The van der Waals surface area contributed by atoms with Crippen LogP contribution in [0.3, 0.4) is 0 Å². The van der Waals surface area contributed by atoms with Crippen molar-refractivity contribution < 1.29 is 4.74 Å². The average molecular weight is 346 g/mol. The van der Waals surface area contributed by atoms with E-state index in [-0.39, 0.29) is 6.04 Å². The topological polar surface area (TPSA) is 35.2 Å². The first-order valence-corrected chi connectivity index (χ1v) is 8.23. The second-order valence-electron chi connectivity index (χ2n) is 5.59. The summed E-state index contributed by atoms with van der Waals surface area (Å²) in [5, 5.41) is 0. The lowest BCUT2D eigenvalue weighted by Gasteiger charge is -2.20. The highest BCUT2D eigenvalue weighted by Gasteiger charge is 2.27. The van der Waals surface area contributed by atoms with E-state index in [9.17, 15) is 0 Å². The molecule has 0 saturated heterocycles. The molecule has 0 amide bonds. The van der Waals surface area contributed by atoms with Gasteiger partial charge in [0.15, 0.2) is 0 Å². The second-order valence-corrected chi connectivity index (χ2v) is 6.44. The molecule has 1 unspecified atom stereocenters. The highest BCUT2D eigenvalue weighted by molar-refractivity contribution is 9.10. The molecule has 3 heteroatoms. The van der Waals surface area contributed by atoms with Crippen molar-refractivity contribution in [2.75, 3.05) is 6.61 Å². The van der Waals surface area contributed by atoms with Crippen LogP contribution in [-0.2, 0) is 12.8 Å². The number of hydrogen-bond acceptors (Lipinski definition) is 2. The number of halogens is 1. The van der Waals surface area contributed by atoms with Crippen molar-refractivity contribution in [3.8, 4) is 5.75 Å². The molecule has 0 fully saturated rings. The molecule has 3 rings (SSSR count). The number of benzene rings is 2.